The number of fused-ring (bicyclic) bond motifs is 1. The summed E-state index contributed by atoms with van der Waals surface area (Å²) in [5.74, 6) is -0.0776. The van der Waals surface area contributed by atoms with Crippen LogP contribution in [-0.4, -0.2) is 15.5 Å². The first-order valence-electron chi connectivity index (χ1n) is 8.61. The van der Waals surface area contributed by atoms with Crippen molar-refractivity contribution in [3.05, 3.63) is 72.2 Å². The summed E-state index contributed by atoms with van der Waals surface area (Å²) in [6.07, 6.45) is 5.58. The molecule has 0 bridgehead atoms. The minimum Gasteiger partial charge on any atom is -0.464 e. The molecule has 0 saturated carbocycles. The fourth-order valence-electron chi connectivity index (χ4n) is 2.90. The molecule has 0 saturated heterocycles. The van der Waals surface area contributed by atoms with Gasteiger partial charge in [-0.25, -0.2) is 4.98 Å². The first-order chi connectivity index (χ1) is 13.1. The van der Waals surface area contributed by atoms with Gasteiger partial charge >= 0.3 is 0 Å². The van der Waals surface area contributed by atoms with Gasteiger partial charge in [0.2, 0.25) is 5.91 Å². The summed E-state index contributed by atoms with van der Waals surface area (Å²) in [4.78, 5) is 17.9. The van der Waals surface area contributed by atoms with Gasteiger partial charge in [0.15, 0.2) is 5.16 Å². The quantitative estimate of drug-likeness (QED) is 0.542. The number of anilines is 1. The molecule has 2 heterocycles. The van der Waals surface area contributed by atoms with Gasteiger partial charge in [-0.1, -0.05) is 24.3 Å². The van der Waals surface area contributed by atoms with Crippen LogP contribution in [0.1, 0.15) is 11.1 Å². The van der Waals surface area contributed by atoms with Crippen LogP contribution >= 0.6 is 11.8 Å². The molecule has 1 amide bonds. The Labute approximate surface area is 161 Å². The first-order valence-corrected chi connectivity index (χ1v) is 9.42. The molecule has 27 heavy (non-hydrogen) atoms. The van der Waals surface area contributed by atoms with Gasteiger partial charge in [-0.3, -0.25) is 4.79 Å². The fourth-order valence-corrected chi connectivity index (χ4v) is 3.79. The number of hydrogen-bond donors (Lipinski definition) is 1. The zero-order valence-electron chi connectivity index (χ0n) is 15.1. The van der Waals surface area contributed by atoms with Crippen molar-refractivity contribution in [2.75, 3.05) is 5.32 Å². The summed E-state index contributed by atoms with van der Waals surface area (Å²) in [5, 5.41) is 4.86. The minimum absolute atomic E-state index is 0.0776. The van der Waals surface area contributed by atoms with Crippen LogP contribution < -0.4 is 5.32 Å². The monoisotopic (exact) mass is 377 g/mol. The number of aromatic nitrogens is 2. The Bertz CT molecular complexity index is 1110. The molecule has 2 aromatic heterocycles. The molecule has 2 aromatic carbocycles. The molecule has 0 aliphatic rings. The molecular formula is C21H19N3O2S. The Morgan fingerprint density at radius 2 is 2.11 bits per heavy atom. The number of nitrogens with zero attached hydrogens (tertiary/aromatic N) is 2. The lowest BCUT2D eigenvalue weighted by molar-refractivity contribution is -0.115. The third-order valence-corrected chi connectivity index (χ3v) is 5.45. The van der Waals surface area contributed by atoms with Gasteiger partial charge in [-0.05, 0) is 42.4 Å². The molecule has 6 heteroatoms. The topological polar surface area (TPSA) is 60.1 Å². The van der Waals surface area contributed by atoms with Crippen molar-refractivity contribution in [3.8, 4) is 0 Å². The average molecular weight is 377 g/mol. The predicted octanol–water partition coefficient (Wildman–Crippen LogP) is 4.81. The van der Waals surface area contributed by atoms with Crippen LogP contribution in [0.5, 0.6) is 0 Å². The van der Waals surface area contributed by atoms with Crippen LogP contribution in [0.2, 0.25) is 0 Å². The Balaban J connectivity index is 1.52. The molecule has 136 valence electrons. The highest BCUT2D eigenvalue weighted by Gasteiger charge is 2.13. The predicted molar refractivity (Wildman–Crippen MR) is 107 cm³/mol. The molecule has 0 atom stereocenters. The molecule has 0 spiro atoms. The van der Waals surface area contributed by atoms with Gasteiger partial charge in [-0.15, -0.1) is 0 Å². The standard InChI is InChI=1S/C21H19N3O2S/c1-14-7-8-16-15(13-26-18(16)11-14)12-20(25)23-17-5-3-4-6-19(17)27-21-22-9-10-24(21)2/h3-11,13H,12H2,1-2H3,(H,23,25). The van der Waals surface area contributed by atoms with E-state index in [9.17, 15) is 4.79 Å². The smallest absolute Gasteiger partial charge is 0.228 e. The van der Waals surface area contributed by atoms with Crippen molar-refractivity contribution in [3.63, 3.8) is 0 Å². The lowest BCUT2D eigenvalue weighted by Gasteiger charge is -2.10. The first kappa shape index (κ1) is 17.4. The molecule has 5 nitrogen and oxygen atoms in total. The second kappa shape index (κ2) is 7.32. The van der Waals surface area contributed by atoms with Crippen LogP contribution in [0, 0.1) is 6.92 Å². The van der Waals surface area contributed by atoms with Gasteiger partial charge in [-0.2, -0.15) is 0 Å². The number of amides is 1. The molecule has 0 aliphatic heterocycles. The molecule has 4 aromatic rings. The van der Waals surface area contributed by atoms with E-state index in [1.54, 1.807) is 12.5 Å². The maximum absolute atomic E-state index is 12.6. The average Bonchev–Trinajstić information content (AvgIpc) is 3.23. The highest BCUT2D eigenvalue weighted by molar-refractivity contribution is 7.99. The fraction of sp³-hybridized carbons (Fsp3) is 0.143. The van der Waals surface area contributed by atoms with Crippen molar-refractivity contribution < 1.29 is 9.21 Å². The normalized spacial score (nSPS) is 11.0. The van der Waals surface area contributed by atoms with Crippen molar-refractivity contribution in [1.82, 2.24) is 9.55 Å². The van der Waals surface area contributed by atoms with Gasteiger partial charge < -0.3 is 14.3 Å². The van der Waals surface area contributed by atoms with E-state index < -0.39 is 0 Å². The molecular weight excluding hydrogens is 358 g/mol. The van der Waals surface area contributed by atoms with Crippen molar-refractivity contribution >= 4 is 34.3 Å². The number of benzene rings is 2. The van der Waals surface area contributed by atoms with Gasteiger partial charge in [0.25, 0.3) is 0 Å². The summed E-state index contributed by atoms with van der Waals surface area (Å²) in [7, 11) is 1.95. The number of rotatable bonds is 5. The Morgan fingerprint density at radius 1 is 1.26 bits per heavy atom. The number of imidazole rings is 1. The summed E-state index contributed by atoms with van der Waals surface area (Å²) in [5.41, 5.74) is 3.60. The van der Waals surface area contributed by atoms with Gasteiger partial charge in [0, 0.05) is 35.3 Å². The largest absolute Gasteiger partial charge is 0.464 e. The second-order valence-corrected chi connectivity index (χ2v) is 7.41. The summed E-state index contributed by atoms with van der Waals surface area (Å²) in [6, 6.07) is 13.8. The van der Waals surface area contributed by atoms with Crippen LogP contribution in [0.15, 0.2) is 75.6 Å². The SMILES string of the molecule is Cc1ccc2c(CC(=O)Nc3ccccc3Sc3nccn3C)coc2c1. The van der Waals surface area contributed by atoms with Crippen LogP contribution in [-0.2, 0) is 18.3 Å². The van der Waals surface area contributed by atoms with Crippen LogP contribution in [0.25, 0.3) is 11.0 Å². The molecule has 0 fully saturated rings. The highest BCUT2D eigenvalue weighted by atomic mass is 32.2. The minimum atomic E-state index is -0.0776. The van der Waals surface area contributed by atoms with E-state index in [0.29, 0.717) is 0 Å². The number of carbonyl (C=O) groups is 1. The van der Waals surface area contributed by atoms with Crippen molar-refractivity contribution in [2.45, 2.75) is 23.4 Å². The van der Waals surface area contributed by atoms with Crippen LogP contribution in [0.3, 0.4) is 0 Å². The van der Waals surface area contributed by atoms with E-state index in [-0.39, 0.29) is 12.3 Å². The summed E-state index contributed by atoms with van der Waals surface area (Å²) >= 11 is 1.52. The Hall–Kier alpha value is -2.99. The summed E-state index contributed by atoms with van der Waals surface area (Å²) in [6.45, 7) is 2.02. The van der Waals surface area contributed by atoms with Crippen molar-refractivity contribution in [2.24, 2.45) is 7.05 Å². The number of furan rings is 1. The zero-order valence-corrected chi connectivity index (χ0v) is 15.9. The van der Waals surface area contributed by atoms with E-state index in [1.807, 2.05) is 67.2 Å². The molecule has 1 N–H and O–H groups in total. The highest BCUT2D eigenvalue weighted by Crippen LogP contribution is 2.32. The van der Waals surface area contributed by atoms with E-state index in [0.717, 1.165) is 37.8 Å². The Kier molecular flexibility index (Phi) is 4.73. The number of hydrogen-bond acceptors (Lipinski definition) is 4. The number of aryl methyl sites for hydroxylation is 2. The third kappa shape index (κ3) is 3.75. The molecule has 0 radical (unpaired) electrons. The molecule has 0 unspecified atom stereocenters. The maximum Gasteiger partial charge on any atom is 0.228 e. The second-order valence-electron chi connectivity index (χ2n) is 6.40. The van der Waals surface area contributed by atoms with E-state index in [4.69, 9.17) is 4.42 Å². The van der Waals surface area contributed by atoms with E-state index in [2.05, 4.69) is 10.3 Å². The molecule has 0 aliphatic carbocycles. The molecule has 4 rings (SSSR count). The lowest BCUT2D eigenvalue weighted by Crippen LogP contribution is -2.14. The lowest BCUT2D eigenvalue weighted by atomic mass is 10.1. The third-order valence-electron chi connectivity index (χ3n) is 4.30. The van der Waals surface area contributed by atoms with Crippen molar-refractivity contribution in [1.29, 1.82) is 0 Å². The van der Waals surface area contributed by atoms with Gasteiger partial charge in [0.05, 0.1) is 18.4 Å². The van der Waals surface area contributed by atoms with Crippen LogP contribution in [0.4, 0.5) is 5.69 Å². The maximum atomic E-state index is 12.6. The number of nitrogens with one attached hydrogen (secondary N) is 1. The Morgan fingerprint density at radius 3 is 2.93 bits per heavy atom. The number of carbonyl (C=O) groups excluding carboxylic acids is 1. The van der Waals surface area contributed by atoms with E-state index in [1.165, 1.54) is 11.8 Å². The van der Waals surface area contributed by atoms with Gasteiger partial charge in [0.1, 0.15) is 5.58 Å². The van der Waals surface area contributed by atoms with E-state index >= 15 is 0 Å². The summed E-state index contributed by atoms with van der Waals surface area (Å²) < 4.78 is 7.54. The zero-order chi connectivity index (χ0) is 18.8. The number of para-hydroxylation sites is 1.